The Morgan fingerprint density at radius 1 is 1.04 bits per heavy atom. The zero-order chi connectivity index (χ0) is 17.7. The molecule has 2 aliphatic heterocycles. The molecule has 2 heterocycles. The highest BCUT2D eigenvalue weighted by Crippen LogP contribution is 2.42. The van der Waals surface area contributed by atoms with E-state index in [1.165, 1.54) is 0 Å². The number of ketones is 1. The standard InChI is InChI=1S/C19H24N4O2/c1-21-14-5-3-4-6-15(14)22(2)19(21)17-16(25)11-23(18(17)20)12-7-9-13(24)10-8-12/h3-6,12-13,20,24H,7-11H2,1-2H3. The zero-order valence-corrected chi connectivity index (χ0v) is 14.7. The lowest BCUT2D eigenvalue weighted by Gasteiger charge is -2.33. The van der Waals surface area contributed by atoms with Crippen molar-refractivity contribution in [1.82, 2.24) is 4.90 Å². The number of anilines is 2. The van der Waals surface area contributed by atoms with Crippen LogP contribution in [-0.2, 0) is 4.79 Å². The van der Waals surface area contributed by atoms with Gasteiger partial charge < -0.3 is 19.8 Å². The quantitative estimate of drug-likeness (QED) is 0.765. The van der Waals surface area contributed by atoms with Crippen LogP contribution >= 0.6 is 0 Å². The lowest BCUT2D eigenvalue weighted by Crippen LogP contribution is -2.40. The van der Waals surface area contributed by atoms with Gasteiger partial charge in [-0.15, -0.1) is 0 Å². The predicted molar refractivity (Wildman–Crippen MR) is 98.0 cm³/mol. The Balaban J connectivity index is 1.68. The highest BCUT2D eigenvalue weighted by Gasteiger charge is 2.41. The largest absolute Gasteiger partial charge is 0.393 e. The Hall–Kier alpha value is -2.34. The average molecular weight is 340 g/mol. The van der Waals surface area contributed by atoms with Crippen LogP contribution in [0.5, 0.6) is 0 Å². The summed E-state index contributed by atoms with van der Waals surface area (Å²) in [6, 6.07) is 8.21. The van der Waals surface area contributed by atoms with Crippen molar-refractivity contribution in [3.8, 4) is 0 Å². The van der Waals surface area contributed by atoms with Crippen LogP contribution in [-0.4, -0.2) is 54.4 Å². The van der Waals surface area contributed by atoms with Gasteiger partial charge >= 0.3 is 0 Å². The molecule has 1 saturated carbocycles. The number of hydrogen-bond donors (Lipinski definition) is 2. The van der Waals surface area contributed by atoms with E-state index in [0.717, 1.165) is 42.9 Å². The number of aliphatic hydroxyl groups is 1. The monoisotopic (exact) mass is 340 g/mol. The minimum absolute atomic E-state index is 0.0117. The maximum atomic E-state index is 12.8. The van der Waals surface area contributed by atoms with Gasteiger partial charge in [-0.25, -0.2) is 0 Å². The van der Waals surface area contributed by atoms with Crippen LogP contribution < -0.4 is 9.80 Å². The summed E-state index contributed by atoms with van der Waals surface area (Å²) in [6.45, 7) is 0.274. The molecule has 2 fully saturated rings. The molecule has 0 atom stereocenters. The fourth-order valence-electron chi connectivity index (χ4n) is 4.32. The minimum atomic E-state index is -0.233. The number of para-hydroxylation sites is 2. The fraction of sp³-hybridized carbons (Fsp3) is 0.474. The van der Waals surface area contributed by atoms with Crippen LogP contribution in [0.4, 0.5) is 11.4 Å². The first-order chi connectivity index (χ1) is 12.0. The van der Waals surface area contributed by atoms with E-state index in [9.17, 15) is 9.90 Å². The van der Waals surface area contributed by atoms with Crippen LogP contribution in [0.2, 0.25) is 0 Å². The Morgan fingerprint density at radius 2 is 1.60 bits per heavy atom. The van der Waals surface area contributed by atoms with E-state index in [2.05, 4.69) is 0 Å². The van der Waals surface area contributed by atoms with Crippen LogP contribution in [0.15, 0.2) is 35.7 Å². The van der Waals surface area contributed by atoms with Crippen molar-refractivity contribution in [1.29, 1.82) is 5.41 Å². The summed E-state index contributed by atoms with van der Waals surface area (Å²) in [4.78, 5) is 18.7. The Morgan fingerprint density at radius 3 is 2.16 bits per heavy atom. The molecule has 0 radical (unpaired) electrons. The van der Waals surface area contributed by atoms with E-state index in [-0.39, 0.29) is 24.5 Å². The number of carbonyl (C=O) groups is 1. The van der Waals surface area contributed by atoms with Crippen LogP contribution in [0.3, 0.4) is 0 Å². The number of nitrogens with one attached hydrogen (secondary N) is 1. The maximum Gasteiger partial charge on any atom is 0.189 e. The summed E-state index contributed by atoms with van der Waals surface area (Å²) in [6.07, 6.45) is 2.94. The Bertz CT molecular complexity index is 733. The van der Waals surface area contributed by atoms with Crippen molar-refractivity contribution >= 4 is 23.0 Å². The summed E-state index contributed by atoms with van der Waals surface area (Å²) < 4.78 is 0. The smallest absolute Gasteiger partial charge is 0.189 e. The maximum absolute atomic E-state index is 12.8. The van der Waals surface area contributed by atoms with Gasteiger partial charge in [-0.2, -0.15) is 0 Å². The molecule has 0 aromatic heterocycles. The number of carbonyl (C=O) groups excluding carboxylic acids is 1. The SMILES string of the molecule is CN1C(=C2C(=N)N(C3CCC(O)CC3)CC2=O)N(C)c2ccccc21. The number of benzene rings is 1. The second-order valence-corrected chi connectivity index (χ2v) is 7.17. The van der Waals surface area contributed by atoms with Gasteiger partial charge in [0.1, 0.15) is 17.2 Å². The fourth-order valence-corrected chi connectivity index (χ4v) is 4.32. The van der Waals surface area contributed by atoms with Crippen molar-refractivity contribution in [3.05, 3.63) is 35.7 Å². The van der Waals surface area contributed by atoms with Crippen molar-refractivity contribution in [2.45, 2.75) is 37.8 Å². The normalized spacial score (nSPS) is 26.8. The van der Waals surface area contributed by atoms with Gasteiger partial charge in [0, 0.05) is 20.1 Å². The third-order valence-corrected chi connectivity index (χ3v) is 5.69. The van der Waals surface area contributed by atoms with Gasteiger partial charge in [-0.05, 0) is 37.8 Å². The molecule has 25 heavy (non-hydrogen) atoms. The molecule has 2 N–H and O–H groups in total. The molecule has 6 nitrogen and oxygen atoms in total. The minimum Gasteiger partial charge on any atom is -0.393 e. The second kappa shape index (κ2) is 5.88. The van der Waals surface area contributed by atoms with Crippen molar-refractivity contribution in [3.63, 3.8) is 0 Å². The van der Waals surface area contributed by atoms with Crippen molar-refractivity contribution < 1.29 is 9.90 Å². The van der Waals surface area contributed by atoms with Gasteiger partial charge in [0.15, 0.2) is 5.78 Å². The number of amidine groups is 1. The summed E-state index contributed by atoms with van der Waals surface area (Å²) in [5.74, 6) is 1.13. The van der Waals surface area contributed by atoms with Gasteiger partial charge in [-0.1, -0.05) is 12.1 Å². The van der Waals surface area contributed by atoms with Crippen molar-refractivity contribution in [2.24, 2.45) is 0 Å². The van der Waals surface area contributed by atoms with E-state index >= 15 is 0 Å². The molecular weight excluding hydrogens is 316 g/mol. The highest BCUT2D eigenvalue weighted by molar-refractivity contribution is 6.27. The van der Waals surface area contributed by atoms with E-state index in [1.807, 2.05) is 53.1 Å². The van der Waals surface area contributed by atoms with Gasteiger partial charge in [0.05, 0.1) is 24.0 Å². The van der Waals surface area contributed by atoms with Gasteiger partial charge in [-0.3, -0.25) is 10.2 Å². The van der Waals surface area contributed by atoms with Gasteiger partial charge in [0.2, 0.25) is 0 Å². The Kier molecular flexibility index (Phi) is 3.80. The molecule has 1 aliphatic carbocycles. The van der Waals surface area contributed by atoms with E-state index in [1.54, 1.807) is 0 Å². The molecule has 3 aliphatic rings. The molecular formula is C19H24N4O2. The number of Topliss-reactive ketones (excluding diaryl/α,β-unsaturated/α-hetero) is 1. The summed E-state index contributed by atoms with van der Waals surface area (Å²) in [7, 11) is 3.90. The molecule has 132 valence electrons. The number of aliphatic hydroxyl groups excluding tert-OH is 1. The number of likely N-dealkylation sites (tertiary alicyclic amines) is 1. The van der Waals surface area contributed by atoms with Crippen LogP contribution in [0.25, 0.3) is 0 Å². The summed E-state index contributed by atoms with van der Waals surface area (Å²) in [5.41, 5.74) is 2.60. The zero-order valence-electron chi connectivity index (χ0n) is 14.7. The van der Waals surface area contributed by atoms with Crippen LogP contribution in [0, 0.1) is 5.41 Å². The first-order valence-corrected chi connectivity index (χ1v) is 8.86. The molecule has 1 saturated heterocycles. The van der Waals surface area contributed by atoms with E-state index in [4.69, 9.17) is 5.41 Å². The molecule has 0 amide bonds. The third kappa shape index (κ3) is 2.43. The lowest BCUT2D eigenvalue weighted by atomic mass is 9.92. The number of nitrogens with zero attached hydrogens (tertiary/aromatic N) is 3. The molecule has 1 aromatic rings. The van der Waals surface area contributed by atoms with Crippen molar-refractivity contribution in [2.75, 3.05) is 30.4 Å². The predicted octanol–water partition coefficient (Wildman–Crippen LogP) is 1.95. The molecule has 1 aromatic carbocycles. The number of rotatable bonds is 1. The average Bonchev–Trinajstić information content (AvgIpc) is 3.03. The number of fused-ring (bicyclic) bond motifs is 1. The summed E-state index contributed by atoms with van der Waals surface area (Å²) >= 11 is 0. The molecule has 6 heteroatoms. The lowest BCUT2D eigenvalue weighted by molar-refractivity contribution is -0.114. The second-order valence-electron chi connectivity index (χ2n) is 7.17. The van der Waals surface area contributed by atoms with Gasteiger partial charge in [0.25, 0.3) is 0 Å². The molecule has 4 rings (SSSR count). The topological polar surface area (TPSA) is 70.9 Å². The highest BCUT2D eigenvalue weighted by atomic mass is 16.3. The molecule has 0 spiro atoms. The molecule has 0 bridgehead atoms. The Labute approximate surface area is 147 Å². The van der Waals surface area contributed by atoms with Crippen LogP contribution in [0.1, 0.15) is 25.7 Å². The first kappa shape index (κ1) is 16.1. The van der Waals surface area contributed by atoms with E-state index in [0.29, 0.717) is 11.4 Å². The summed E-state index contributed by atoms with van der Waals surface area (Å²) in [5, 5.41) is 18.4. The molecule has 0 unspecified atom stereocenters. The van der Waals surface area contributed by atoms with E-state index < -0.39 is 0 Å². The first-order valence-electron chi connectivity index (χ1n) is 8.86. The third-order valence-electron chi connectivity index (χ3n) is 5.69. The number of hydrogen-bond acceptors (Lipinski definition) is 5.